The molecule has 0 saturated carbocycles. The van der Waals surface area contributed by atoms with Crippen molar-refractivity contribution in [1.82, 2.24) is 15.1 Å². The van der Waals surface area contributed by atoms with Crippen molar-refractivity contribution in [1.29, 1.82) is 0 Å². The minimum Gasteiger partial charge on any atom is -0.349 e. The van der Waals surface area contributed by atoms with Crippen molar-refractivity contribution in [2.24, 2.45) is 0 Å². The van der Waals surface area contributed by atoms with Crippen LogP contribution in [0.25, 0.3) is 0 Å². The Balaban J connectivity index is 1.39. The van der Waals surface area contributed by atoms with Crippen LogP contribution in [0.1, 0.15) is 52.5 Å². The zero-order valence-electron chi connectivity index (χ0n) is 18.0. The first-order valence-electron chi connectivity index (χ1n) is 10.8. The van der Waals surface area contributed by atoms with Crippen LogP contribution in [0, 0.1) is 6.92 Å². The van der Waals surface area contributed by atoms with Crippen molar-refractivity contribution in [3.8, 4) is 0 Å². The van der Waals surface area contributed by atoms with Crippen LogP contribution in [0.15, 0.2) is 65.5 Å². The third kappa shape index (κ3) is 5.11. The van der Waals surface area contributed by atoms with E-state index in [1.807, 2.05) is 37.3 Å². The van der Waals surface area contributed by atoms with Gasteiger partial charge in [0, 0.05) is 18.2 Å². The van der Waals surface area contributed by atoms with Crippen molar-refractivity contribution < 1.29 is 9.59 Å². The maximum absolute atomic E-state index is 12.6. The molecule has 0 saturated heterocycles. The SMILES string of the molecule is Cc1cccc(NC(=O)c2ccc(=O)n(CCC(=O)NC3CCCc4ccccc43)n2)c1. The summed E-state index contributed by atoms with van der Waals surface area (Å²) in [5, 5.41) is 10.0. The highest BCUT2D eigenvalue weighted by atomic mass is 16.2. The van der Waals surface area contributed by atoms with Crippen LogP contribution < -0.4 is 16.2 Å². The van der Waals surface area contributed by atoms with E-state index in [0.717, 1.165) is 30.4 Å². The second-order valence-electron chi connectivity index (χ2n) is 8.06. The minimum absolute atomic E-state index is 0.0106. The summed E-state index contributed by atoms with van der Waals surface area (Å²) in [5.74, 6) is -0.553. The van der Waals surface area contributed by atoms with Gasteiger partial charge in [0.2, 0.25) is 5.91 Å². The zero-order valence-corrected chi connectivity index (χ0v) is 18.0. The standard InChI is InChI=1S/C25H26N4O3/c1-17-6-4-9-19(16-17)26-25(32)22-12-13-24(31)29(28-22)15-14-23(30)27-21-11-5-8-18-7-2-3-10-20(18)21/h2-4,6-7,9-10,12-13,16,21H,5,8,11,14-15H2,1H3,(H,26,32)(H,27,30). The van der Waals surface area contributed by atoms with Crippen LogP contribution in [0.3, 0.4) is 0 Å². The number of carbonyl (C=O) groups is 2. The molecule has 1 aromatic heterocycles. The summed E-state index contributed by atoms with van der Waals surface area (Å²) in [7, 11) is 0. The fraction of sp³-hybridized carbons (Fsp3) is 0.280. The van der Waals surface area contributed by atoms with Crippen molar-refractivity contribution in [2.75, 3.05) is 5.32 Å². The molecule has 1 atom stereocenters. The van der Waals surface area contributed by atoms with Gasteiger partial charge in [0.25, 0.3) is 11.5 Å². The second-order valence-corrected chi connectivity index (χ2v) is 8.06. The average Bonchev–Trinajstić information content (AvgIpc) is 2.79. The van der Waals surface area contributed by atoms with Crippen molar-refractivity contribution in [3.05, 3.63) is 93.4 Å². The van der Waals surface area contributed by atoms with Gasteiger partial charge >= 0.3 is 0 Å². The molecular formula is C25H26N4O3. The molecule has 1 unspecified atom stereocenters. The number of nitrogens with zero attached hydrogens (tertiary/aromatic N) is 2. The first-order chi connectivity index (χ1) is 15.5. The number of benzene rings is 2. The Hall–Kier alpha value is -3.74. The lowest BCUT2D eigenvalue weighted by Crippen LogP contribution is -2.33. The van der Waals surface area contributed by atoms with Gasteiger partial charge in [-0.15, -0.1) is 0 Å². The summed E-state index contributed by atoms with van der Waals surface area (Å²) >= 11 is 0. The predicted molar refractivity (Wildman–Crippen MR) is 123 cm³/mol. The van der Waals surface area contributed by atoms with Gasteiger partial charge in [-0.3, -0.25) is 14.4 Å². The van der Waals surface area contributed by atoms with E-state index >= 15 is 0 Å². The highest BCUT2D eigenvalue weighted by molar-refractivity contribution is 6.02. The summed E-state index contributed by atoms with van der Waals surface area (Å²) < 4.78 is 1.17. The lowest BCUT2D eigenvalue weighted by molar-refractivity contribution is -0.122. The first kappa shape index (κ1) is 21.5. The van der Waals surface area contributed by atoms with Gasteiger partial charge in [0.1, 0.15) is 5.69 Å². The topological polar surface area (TPSA) is 93.1 Å². The number of amides is 2. The maximum Gasteiger partial charge on any atom is 0.276 e. The number of aryl methyl sites for hydroxylation is 3. The second kappa shape index (κ2) is 9.60. The minimum atomic E-state index is -0.410. The Morgan fingerprint density at radius 3 is 2.78 bits per heavy atom. The molecule has 1 aliphatic rings. The molecule has 0 fully saturated rings. The van der Waals surface area contributed by atoms with Gasteiger partial charge in [0.05, 0.1) is 12.6 Å². The third-order valence-electron chi connectivity index (χ3n) is 5.63. The molecule has 2 amide bonds. The zero-order chi connectivity index (χ0) is 22.5. The molecule has 2 aromatic carbocycles. The number of hydrogen-bond acceptors (Lipinski definition) is 4. The summed E-state index contributed by atoms with van der Waals surface area (Å²) in [6, 6.07) is 18.3. The fourth-order valence-corrected chi connectivity index (χ4v) is 4.03. The molecule has 0 aliphatic heterocycles. The molecule has 0 radical (unpaired) electrons. The Morgan fingerprint density at radius 1 is 1.09 bits per heavy atom. The first-order valence-corrected chi connectivity index (χ1v) is 10.8. The highest BCUT2D eigenvalue weighted by Gasteiger charge is 2.21. The average molecular weight is 431 g/mol. The fourth-order valence-electron chi connectivity index (χ4n) is 4.03. The predicted octanol–water partition coefficient (Wildman–Crippen LogP) is 3.39. The quantitative estimate of drug-likeness (QED) is 0.627. The monoisotopic (exact) mass is 430 g/mol. The molecule has 0 spiro atoms. The summed E-state index contributed by atoms with van der Waals surface area (Å²) in [6.45, 7) is 2.04. The van der Waals surface area contributed by atoms with Gasteiger partial charge in [-0.2, -0.15) is 5.10 Å². The normalized spacial score (nSPS) is 15.0. The van der Waals surface area contributed by atoms with Crippen LogP contribution in [0.4, 0.5) is 5.69 Å². The van der Waals surface area contributed by atoms with Gasteiger partial charge in [-0.1, -0.05) is 36.4 Å². The smallest absolute Gasteiger partial charge is 0.276 e. The van der Waals surface area contributed by atoms with Crippen LogP contribution in [-0.2, 0) is 17.8 Å². The number of hydrogen-bond donors (Lipinski definition) is 2. The maximum atomic E-state index is 12.6. The Morgan fingerprint density at radius 2 is 1.94 bits per heavy atom. The highest BCUT2D eigenvalue weighted by Crippen LogP contribution is 2.29. The van der Waals surface area contributed by atoms with Crippen LogP contribution in [0.5, 0.6) is 0 Å². The van der Waals surface area contributed by atoms with Gasteiger partial charge in [-0.05, 0) is 61.1 Å². The molecule has 7 nitrogen and oxygen atoms in total. The molecule has 1 aliphatic carbocycles. The number of fused-ring (bicyclic) bond motifs is 1. The van der Waals surface area contributed by atoms with Crippen molar-refractivity contribution in [2.45, 2.75) is 45.2 Å². The number of nitrogens with one attached hydrogen (secondary N) is 2. The summed E-state index contributed by atoms with van der Waals surface area (Å²) in [6.07, 6.45) is 3.06. The number of aromatic nitrogens is 2. The Bertz CT molecular complexity index is 1200. The number of carbonyl (C=O) groups excluding carboxylic acids is 2. The van der Waals surface area contributed by atoms with E-state index in [2.05, 4.69) is 27.9 Å². The van der Waals surface area contributed by atoms with E-state index in [9.17, 15) is 14.4 Å². The van der Waals surface area contributed by atoms with Gasteiger partial charge < -0.3 is 10.6 Å². The van der Waals surface area contributed by atoms with Crippen LogP contribution in [-0.4, -0.2) is 21.6 Å². The summed E-state index contributed by atoms with van der Waals surface area (Å²) in [5.41, 5.74) is 3.88. The molecule has 0 bridgehead atoms. The summed E-state index contributed by atoms with van der Waals surface area (Å²) in [4.78, 5) is 37.3. The molecule has 4 rings (SSSR count). The van der Waals surface area contributed by atoms with Gasteiger partial charge in [0.15, 0.2) is 0 Å². The Labute approximate surface area is 186 Å². The molecular weight excluding hydrogens is 404 g/mol. The lowest BCUT2D eigenvalue weighted by Gasteiger charge is -2.26. The van der Waals surface area contributed by atoms with E-state index < -0.39 is 5.91 Å². The van der Waals surface area contributed by atoms with E-state index in [4.69, 9.17) is 0 Å². The third-order valence-corrected chi connectivity index (χ3v) is 5.63. The largest absolute Gasteiger partial charge is 0.349 e. The van der Waals surface area contributed by atoms with E-state index in [1.165, 1.54) is 22.4 Å². The van der Waals surface area contributed by atoms with Crippen molar-refractivity contribution in [3.63, 3.8) is 0 Å². The van der Waals surface area contributed by atoms with E-state index in [1.54, 1.807) is 6.07 Å². The molecule has 164 valence electrons. The number of rotatable bonds is 6. The lowest BCUT2D eigenvalue weighted by atomic mass is 9.88. The molecule has 7 heteroatoms. The van der Waals surface area contributed by atoms with E-state index in [0.29, 0.717) is 5.69 Å². The molecule has 1 heterocycles. The molecule has 32 heavy (non-hydrogen) atoms. The molecule has 2 N–H and O–H groups in total. The van der Waals surface area contributed by atoms with E-state index in [-0.39, 0.29) is 36.2 Å². The molecule has 3 aromatic rings. The van der Waals surface area contributed by atoms with Crippen LogP contribution >= 0.6 is 0 Å². The van der Waals surface area contributed by atoms with Gasteiger partial charge in [-0.25, -0.2) is 4.68 Å². The van der Waals surface area contributed by atoms with Crippen LogP contribution in [0.2, 0.25) is 0 Å². The Kier molecular flexibility index (Phi) is 6.44. The van der Waals surface area contributed by atoms with Crippen molar-refractivity contribution >= 4 is 17.5 Å². The number of anilines is 1.